The molecule has 30 heavy (non-hydrogen) atoms. The molecule has 1 atom stereocenters. The van der Waals surface area contributed by atoms with E-state index in [4.69, 9.17) is 0 Å². The highest BCUT2D eigenvalue weighted by atomic mass is 32.2. The van der Waals surface area contributed by atoms with Crippen molar-refractivity contribution in [3.8, 4) is 0 Å². The molecule has 2 fully saturated rings. The molecule has 2 heterocycles. The molecule has 0 aliphatic carbocycles. The lowest BCUT2D eigenvalue weighted by Gasteiger charge is -2.33. The SMILES string of the molecule is Cc1cc(NC(=O)C(c2ccccc2)N2CCS(=O)(=O)CC2)ccc1N1CCCC1. The van der Waals surface area contributed by atoms with Gasteiger partial charge in [0.2, 0.25) is 5.91 Å². The number of benzene rings is 2. The van der Waals surface area contributed by atoms with Crippen molar-refractivity contribution >= 4 is 27.1 Å². The van der Waals surface area contributed by atoms with Crippen molar-refractivity contribution in [2.24, 2.45) is 0 Å². The number of carbonyl (C=O) groups excluding carboxylic acids is 1. The third kappa shape index (κ3) is 4.68. The number of carbonyl (C=O) groups is 1. The van der Waals surface area contributed by atoms with Gasteiger partial charge in [0.15, 0.2) is 9.84 Å². The third-order valence-corrected chi connectivity index (χ3v) is 7.63. The van der Waals surface area contributed by atoms with E-state index in [1.165, 1.54) is 18.5 Å². The summed E-state index contributed by atoms with van der Waals surface area (Å²) < 4.78 is 23.7. The van der Waals surface area contributed by atoms with Gasteiger partial charge in [0.1, 0.15) is 6.04 Å². The number of rotatable bonds is 5. The highest BCUT2D eigenvalue weighted by Gasteiger charge is 2.32. The van der Waals surface area contributed by atoms with Crippen molar-refractivity contribution in [1.82, 2.24) is 4.90 Å². The highest BCUT2D eigenvalue weighted by Crippen LogP contribution is 2.29. The van der Waals surface area contributed by atoms with Gasteiger partial charge in [-0.25, -0.2) is 8.42 Å². The van der Waals surface area contributed by atoms with Crippen LogP contribution < -0.4 is 10.2 Å². The molecule has 0 saturated carbocycles. The molecule has 2 aliphatic rings. The fourth-order valence-electron chi connectivity index (χ4n) is 4.40. The highest BCUT2D eigenvalue weighted by molar-refractivity contribution is 7.91. The summed E-state index contributed by atoms with van der Waals surface area (Å²) >= 11 is 0. The van der Waals surface area contributed by atoms with Crippen molar-refractivity contribution in [3.05, 3.63) is 59.7 Å². The van der Waals surface area contributed by atoms with Crippen molar-refractivity contribution in [3.63, 3.8) is 0 Å². The molecule has 7 heteroatoms. The number of amides is 1. The number of anilines is 2. The van der Waals surface area contributed by atoms with E-state index in [2.05, 4.69) is 23.2 Å². The first-order chi connectivity index (χ1) is 14.4. The van der Waals surface area contributed by atoms with Gasteiger partial charge >= 0.3 is 0 Å². The lowest BCUT2D eigenvalue weighted by molar-refractivity contribution is -0.121. The molecule has 1 unspecified atom stereocenters. The standard InChI is InChI=1S/C23H29N3O3S/c1-18-17-20(9-10-21(18)25-11-5-6-12-25)24-23(27)22(19-7-3-2-4-8-19)26-13-15-30(28,29)16-14-26/h2-4,7-10,17,22H,5-6,11-16H2,1H3,(H,24,27). The number of nitrogens with zero attached hydrogens (tertiary/aromatic N) is 2. The molecule has 2 aliphatic heterocycles. The van der Waals surface area contributed by atoms with E-state index in [0.717, 1.165) is 29.9 Å². The van der Waals surface area contributed by atoms with Gasteiger partial charge in [-0.05, 0) is 49.1 Å². The van der Waals surface area contributed by atoms with Crippen molar-refractivity contribution in [1.29, 1.82) is 0 Å². The summed E-state index contributed by atoms with van der Waals surface area (Å²) in [6.45, 7) is 4.97. The van der Waals surface area contributed by atoms with Gasteiger partial charge in [-0.15, -0.1) is 0 Å². The number of sulfone groups is 1. The van der Waals surface area contributed by atoms with Crippen molar-refractivity contribution in [2.45, 2.75) is 25.8 Å². The fraction of sp³-hybridized carbons (Fsp3) is 0.435. The zero-order chi connectivity index (χ0) is 21.1. The van der Waals surface area contributed by atoms with Crippen LogP contribution in [0.1, 0.15) is 30.0 Å². The summed E-state index contributed by atoms with van der Waals surface area (Å²) in [7, 11) is -3.01. The normalized spacial score (nSPS) is 20.1. The Morgan fingerprint density at radius 1 is 0.967 bits per heavy atom. The molecule has 6 nitrogen and oxygen atoms in total. The lowest BCUT2D eigenvalue weighted by Crippen LogP contribution is -2.46. The van der Waals surface area contributed by atoms with Crippen LogP contribution in [0.3, 0.4) is 0 Å². The molecular formula is C23H29N3O3S. The smallest absolute Gasteiger partial charge is 0.246 e. The van der Waals surface area contributed by atoms with Crippen LogP contribution >= 0.6 is 0 Å². The summed E-state index contributed by atoms with van der Waals surface area (Å²) in [5.41, 5.74) is 4.02. The maximum absolute atomic E-state index is 13.3. The van der Waals surface area contributed by atoms with E-state index >= 15 is 0 Å². The van der Waals surface area contributed by atoms with Gasteiger partial charge in [-0.3, -0.25) is 9.69 Å². The molecule has 0 spiro atoms. The van der Waals surface area contributed by atoms with Crippen LogP contribution in [-0.2, 0) is 14.6 Å². The van der Waals surface area contributed by atoms with E-state index in [9.17, 15) is 13.2 Å². The Bertz CT molecular complexity index is 988. The first-order valence-electron chi connectivity index (χ1n) is 10.6. The maximum Gasteiger partial charge on any atom is 0.246 e. The molecule has 160 valence electrons. The second kappa shape index (κ2) is 8.78. The van der Waals surface area contributed by atoms with Crippen LogP contribution in [0.5, 0.6) is 0 Å². The average Bonchev–Trinajstić information content (AvgIpc) is 3.25. The largest absolute Gasteiger partial charge is 0.371 e. The molecule has 0 bridgehead atoms. The summed E-state index contributed by atoms with van der Waals surface area (Å²) in [6, 6.07) is 15.1. The Morgan fingerprint density at radius 3 is 2.27 bits per heavy atom. The number of hydrogen-bond donors (Lipinski definition) is 1. The van der Waals surface area contributed by atoms with Crippen molar-refractivity contribution in [2.75, 3.05) is 47.9 Å². The predicted octanol–water partition coefficient (Wildman–Crippen LogP) is 3.01. The molecule has 0 radical (unpaired) electrons. The van der Waals surface area contributed by atoms with E-state index in [1.54, 1.807) is 0 Å². The van der Waals surface area contributed by atoms with Gasteiger partial charge in [-0.1, -0.05) is 30.3 Å². The lowest BCUT2D eigenvalue weighted by atomic mass is 10.0. The minimum atomic E-state index is -3.01. The molecule has 2 aromatic rings. The first kappa shape index (κ1) is 20.9. The second-order valence-electron chi connectivity index (χ2n) is 8.19. The van der Waals surface area contributed by atoms with Gasteiger partial charge < -0.3 is 10.2 Å². The number of hydrogen-bond acceptors (Lipinski definition) is 5. The zero-order valence-corrected chi connectivity index (χ0v) is 18.2. The van der Waals surface area contributed by atoms with Crippen molar-refractivity contribution < 1.29 is 13.2 Å². The minimum absolute atomic E-state index is 0.0905. The van der Waals surface area contributed by atoms with E-state index in [0.29, 0.717) is 13.1 Å². The summed E-state index contributed by atoms with van der Waals surface area (Å²) in [5, 5.41) is 3.07. The third-order valence-electron chi connectivity index (χ3n) is 6.02. The Balaban J connectivity index is 1.54. The molecule has 0 aromatic heterocycles. The van der Waals surface area contributed by atoms with Gasteiger partial charge in [0.05, 0.1) is 11.5 Å². The van der Waals surface area contributed by atoms with Crippen LogP contribution in [0.25, 0.3) is 0 Å². The van der Waals surface area contributed by atoms with Crippen LogP contribution in [0.2, 0.25) is 0 Å². The van der Waals surface area contributed by atoms with Gasteiger partial charge in [-0.2, -0.15) is 0 Å². The van der Waals surface area contributed by atoms with Gasteiger partial charge in [0, 0.05) is 37.6 Å². The number of aryl methyl sites for hydroxylation is 1. The van der Waals surface area contributed by atoms with E-state index in [1.807, 2.05) is 47.4 Å². The van der Waals surface area contributed by atoms with Crippen LogP contribution in [-0.4, -0.2) is 56.9 Å². The Morgan fingerprint density at radius 2 is 1.63 bits per heavy atom. The van der Waals surface area contributed by atoms with Gasteiger partial charge in [0.25, 0.3) is 0 Å². The Kier molecular flexibility index (Phi) is 6.11. The molecule has 2 saturated heterocycles. The minimum Gasteiger partial charge on any atom is -0.371 e. The van der Waals surface area contributed by atoms with Crippen LogP contribution in [0, 0.1) is 6.92 Å². The number of nitrogens with one attached hydrogen (secondary N) is 1. The van der Waals surface area contributed by atoms with E-state index in [-0.39, 0.29) is 17.4 Å². The quantitative estimate of drug-likeness (QED) is 0.794. The molecule has 1 N–H and O–H groups in total. The summed E-state index contributed by atoms with van der Waals surface area (Å²) in [5.74, 6) is 0.0503. The molecule has 4 rings (SSSR count). The molecular weight excluding hydrogens is 398 g/mol. The summed E-state index contributed by atoms with van der Waals surface area (Å²) in [6.07, 6.45) is 2.45. The Hall–Kier alpha value is -2.38. The Labute approximate surface area is 178 Å². The van der Waals surface area contributed by atoms with Crippen LogP contribution in [0.15, 0.2) is 48.5 Å². The van der Waals surface area contributed by atoms with Crippen LogP contribution in [0.4, 0.5) is 11.4 Å². The first-order valence-corrected chi connectivity index (χ1v) is 12.4. The molecule has 1 amide bonds. The zero-order valence-electron chi connectivity index (χ0n) is 17.4. The fourth-order valence-corrected chi connectivity index (χ4v) is 5.63. The molecule has 2 aromatic carbocycles. The topological polar surface area (TPSA) is 69.7 Å². The second-order valence-corrected chi connectivity index (χ2v) is 10.5. The monoisotopic (exact) mass is 427 g/mol. The average molecular weight is 428 g/mol. The maximum atomic E-state index is 13.3. The summed E-state index contributed by atoms with van der Waals surface area (Å²) in [4.78, 5) is 17.7. The predicted molar refractivity (Wildman–Crippen MR) is 121 cm³/mol. The van der Waals surface area contributed by atoms with E-state index < -0.39 is 15.9 Å².